The van der Waals surface area contributed by atoms with Gasteiger partial charge in [0.1, 0.15) is 25.3 Å². The minimum absolute atomic E-state index is 0.0213. The number of esters is 1. The molecule has 0 radical (unpaired) electrons. The Hall–Kier alpha value is -4.40. The fraction of sp³-hybridized carbons (Fsp3) is 0.667. The lowest BCUT2D eigenvalue weighted by Gasteiger charge is -2.25. The number of hydrogen-bond acceptors (Lipinski definition) is 9. The van der Waals surface area contributed by atoms with Gasteiger partial charge < -0.3 is 46.1 Å². The van der Waals surface area contributed by atoms with Gasteiger partial charge in [-0.3, -0.25) is 19.2 Å². The van der Waals surface area contributed by atoms with E-state index in [4.69, 9.17) is 19.9 Å². The number of anilines is 1. The Kier molecular flexibility index (Phi) is 20.3. The predicted molar refractivity (Wildman–Crippen MR) is 193 cm³/mol. The number of benzene rings is 1. The number of carbonyl (C=O) groups excluding carboxylic acids is 6. The first-order valence-electron chi connectivity index (χ1n) is 17.5. The zero-order valence-electron chi connectivity index (χ0n) is 31.6. The van der Waals surface area contributed by atoms with Crippen LogP contribution in [0.1, 0.15) is 86.1 Å². The summed E-state index contributed by atoms with van der Waals surface area (Å²) in [5.74, 6) is -2.16. The molecule has 0 fully saturated rings. The Morgan fingerprint density at radius 1 is 0.863 bits per heavy atom. The van der Waals surface area contributed by atoms with E-state index < -0.39 is 36.0 Å². The van der Waals surface area contributed by atoms with Crippen LogP contribution in [0.4, 0.5) is 15.3 Å². The third-order valence-electron chi connectivity index (χ3n) is 7.63. The number of nitrogens with one attached hydrogen (secondary N) is 4. The van der Waals surface area contributed by atoms with Gasteiger partial charge in [-0.05, 0) is 54.7 Å². The van der Waals surface area contributed by atoms with Gasteiger partial charge in [-0.25, -0.2) is 9.59 Å². The second-order valence-corrected chi connectivity index (χ2v) is 14.3. The molecule has 1 aromatic rings. The molecule has 0 saturated carbocycles. The summed E-state index contributed by atoms with van der Waals surface area (Å²) in [4.78, 5) is 75.8. The SMILES string of the molecule is CC(C)C(=O)OCCN(C)C(=O)OCc1ccc(NC(=O)[C@H](CCCCNC(N)=O)NC(=O)[C@@H](NC(=O)CCOCCC(C)(C)C)C(C)C)cc1. The molecule has 1 rings (SSSR count). The Labute approximate surface area is 302 Å². The Morgan fingerprint density at radius 2 is 1.53 bits per heavy atom. The number of primary amides is 1. The number of carbonyl (C=O) groups is 6. The van der Waals surface area contributed by atoms with Gasteiger partial charge in [0.15, 0.2) is 0 Å². The lowest BCUT2D eigenvalue weighted by atomic mass is 9.93. The third-order valence-corrected chi connectivity index (χ3v) is 7.63. The first-order valence-corrected chi connectivity index (χ1v) is 17.5. The van der Waals surface area contributed by atoms with Crippen LogP contribution in [0.2, 0.25) is 0 Å². The molecule has 0 aliphatic heterocycles. The van der Waals surface area contributed by atoms with Crippen molar-refractivity contribution in [2.45, 2.75) is 99.3 Å². The summed E-state index contributed by atoms with van der Waals surface area (Å²) in [7, 11) is 1.54. The topological polar surface area (TPSA) is 207 Å². The summed E-state index contributed by atoms with van der Waals surface area (Å²) in [5, 5.41) is 10.9. The van der Waals surface area contributed by atoms with Crippen molar-refractivity contribution in [1.29, 1.82) is 0 Å². The van der Waals surface area contributed by atoms with Gasteiger partial charge in [0.25, 0.3) is 0 Å². The molecule has 2 atom stereocenters. The van der Waals surface area contributed by atoms with E-state index in [0.29, 0.717) is 37.2 Å². The first-order chi connectivity index (χ1) is 23.9. The summed E-state index contributed by atoms with van der Waals surface area (Å²) >= 11 is 0. The molecule has 0 aliphatic carbocycles. The van der Waals surface area contributed by atoms with Gasteiger partial charge in [0.05, 0.1) is 19.1 Å². The molecule has 15 heteroatoms. The maximum atomic E-state index is 13.4. The van der Waals surface area contributed by atoms with Gasteiger partial charge in [0.2, 0.25) is 17.7 Å². The smallest absolute Gasteiger partial charge is 0.409 e. The van der Waals surface area contributed by atoms with Crippen LogP contribution in [0, 0.1) is 17.3 Å². The van der Waals surface area contributed by atoms with Crippen molar-refractivity contribution in [3.63, 3.8) is 0 Å². The normalized spacial score (nSPS) is 12.4. The quantitative estimate of drug-likeness (QED) is 0.0873. The average Bonchev–Trinajstić information content (AvgIpc) is 3.04. The van der Waals surface area contributed by atoms with E-state index in [0.717, 1.165) is 6.42 Å². The van der Waals surface area contributed by atoms with Crippen LogP contribution in [0.5, 0.6) is 0 Å². The Morgan fingerprint density at radius 3 is 2.12 bits per heavy atom. The number of ether oxygens (including phenoxy) is 3. The summed E-state index contributed by atoms with van der Waals surface area (Å²) in [6.45, 7) is 14.7. The first kappa shape index (κ1) is 44.6. The second-order valence-electron chi connectivity index (χ2n) is 14.3. The number of likely N-dealkylation sites (N-methyl/N-ethyl adjacent to an activating group) is 1. The fourth-order valence-electron chi connectivity index (χ4n) is 4.35. The summed E-state index contributed by atoms with van der Waals surface area (Å²) in [5.41, 5.74) is 6.38. The molecule has 0 aromatic heterocycles. The maximum Gasteiger partial charge on any atom is 0.409 e. The summed E-state index contributed by atoms with van der Waals surface area (Å²) in [6, 6.07) is 4.19. The molecular formula is C36H60N6O9. The number of unbranched alkanes of at least 4 members (excludes halogenated alkanes) is 1. The molecule has 0 unspecified atom stereocenters. The highest BCUT2D eigenvalue weighted by Gasteiger charge is 2.29. The molecule has 0 saturated heterocycles. The van der Waals surface area contributed by atoms with Crippen LogP contribution in [0.3, 0.4) is 0 Å². The van der Waals surface area contributed by atoms with Crippen LogP contribution in [-0.4, -0.2) is 92.8 Å². The minimum atomic E-state index is -0.944. The molecule has 0 spiro atoms. The summed E-state index contributed by atoms with van der Waals surface area (Å²) < 4.78 is 16.0. The predicted octanol–water partition coefficient (Wildman–Crippen LogP) is 3.70. The van der Waals surface area contributed by atoms with Crippen LogP contribution in [-0.2, 0) is 40.0 Å². The number of nitrogens with zero attached hydrogens (tertiary/aromatic N) is 1. The lowest BCUT2D eigenvalue weighted by molar-refractivity contribution is -0.147. The molecule has 0 aliphatic rings. The van der Waals surface area contributed by atoms with Gasteiger partial charge >= 0.3 is 18.1 Å². The molecule has 51 heavy (non-hydrogen) atoms. The molecule has 6 amide bonds. The van der Waals surface area contributed by atoms with Crippen LogP contribution < -0.4 is 27.0 Å². The van der Waals surface area contributed by atoms with E-state index in [2.05, 4.69) is 42.0 Å². The largest absolute Gasteiger partial charge is 0.464 e. The zero-order chi connectivity index (χ0) is 38.6. The van der Waals surface area contributed by atoms with E-state index in [1.54, 1.807) is 52.0 Å². The molecule has 0 heterocycles. The highest BCUT2D eigenvalue weighted by atomic mass is 16.6. The number of urea groups is 1. The van der Waals surface area contributed by atoms with E-state index in [1.165, 1.54) is 11.9 Å². The van der Waals surface area contributed by atoms with Crippen LogP contribution in [0.15, 0.2) is 24.3 Å². The maximum absolute atomic E-state index is 13.4. The Bertz CT molecular complexity index is 1260. The van der Waals surface area contributed by atoms with Gasteiger partial charge in [-0.2, -0.15) is 0 Å². The molecule has 1 aromatic carbocycles. The summed E-state index contributed by atoms with van der Waals surface area (Å²) in [6.07, 6.45) is 1.63. The number of rotatable bonds is 22. The third kappa shape index (κ3) is 20.1. The van der Waals surface area contributed by atoms with Gasteiger partial charge in [0, 0.05) is 32.3 Å². The minimum Gasteiger partial charge on any atom is -0.464 e. The van der Waals surface area contributed by atoms with Crippen molar-refractivity contribution in [2.24, 2.45) is 23.0 Å². The lowest BCUT2D eigenvalue weighted by Crippen LogP contribution is -2.54. The van der Waals surface area contributed by atoms with Gasteiger partial charge in [-0.15, -0.1) is 0 Å². The monoisotopic (exact) mass is 720 g/mol. The average molecular weight is 721 g/mol. The highest BCUT2D eigenvalue weighted by molar-refractivity contribution is 5.98. The standard InChI is InChI=1S/C36H60N6O9/c1-24(2)30(41-29(43)16-20-49-21-17-36(5,6)7)32(45)40-28(11-9-10-18-38-34(37)47)31(44)39-27-14-12-26(13-15-27)23-51-35(48)42(8)19-22-50-33(46)25(3)4/h12-15,24-25,28,30H,9-11,16-23H2,1-8H3,(H,39,44)(H,40,45)(H,41,43)(H3,37,38,47)/t28-,30-/m0/s1. The Balaban J connectivity index is 2.80. The molecule has 288 valence electrons. The molecule has 6 N–H and O–H groups in total. The van der Waals surface area contributed by atoms with Crippen LogP contribution in [0.25, 0.3) is 0 Å². The van der Waals surface area contributed by atoms with E-state index in [1.807, 2.05) is 0 Å². The van der Waals surface area contributed by atoms with E-state index in [-0.39, 0.29) is 68.3 Å². The highest BCUT2D eigenvalue weighted by Crippen LogP contribution is 2.18. The van der Waals surface area contributed by atoms with Crippen molar-refractivity contribution in [3.05, 3.63) is 29.8 Å². The van der Waals surface area contributed by atoms with E-state index in [9.17, 15) is 28.8 Å². The number of nitrogens with two attached hydrogens (primary N) is 1. The number of amides is 6. The second kappa shape index (κ2) is 23.1. The van der Waals surface area contributed by atoms with Crippen molar-refractivity contribution in [1.82, 2.24) is 20.9 Å². The zero-order valence-corrected chi connectivity index (χ0v) is 31.6. The molecule has 15 nitrogen and oxygen atoms in total. The molecule has 0 bridgehead atoms. The van der Waals surface area contributed by atoms with Crippen molar-refractivity contribution < 1.29 is 43.0 Å². The van der Waals surface area contributed by atoms with Crippen molar-refractivity contribution in [2.75, 3.05) is 45.3 Å². The molecular weight excluding hydrogens is 660 g/mol. The fourth-order valence-corrected chi connectivity index (χ4v) is 4.35. The van der Waals surface area contributed by atoms with Crippen molar-refractivity contribution in [3.8, 4) is 0 Å². The van der Waals surface area contributed by atoms with Gasteiger partial charge in [-0.1, -0.05) is 60.6 Å². The van der Waals surface area contributed by atoms with Crippen LogP contribution >= 0.6 is 0 Å². The van der Waals surface area contributed by atoms with E-state index >= 15 is 0 Å². The number of hydrogen-bond donors (Lipinski definition) is 5. The van der Waals surface area contributed by atoms with Crippen molar-refractivity contribution >= 4 is 41.5 Å².